The summed E-state index contributed by atoms with van der Waals surface area (Å²) >= 11 is 6.10. The lowest BCUT2D eigenvalue weighted by Gasteiger charge is -2.34. The Morgan fingerprint density at radius 3 is 2.39 bits per heavy atom. The van der Waals surface area contributed by atoms with Crippen LogP contribution in [0.25, 0.3) is 0 Å². The van der Waals surface area contributed by atoms with Crippen LogP contribution in [0.15, 0.2) is 53.1 Å². The van der Waals surface area contributed by atoms with Gasteiger partial charge in [-0.15, -0.1) is 11.6 Å². The van der Waals surface area contributed by atoms with Crippen molar-refractivity contribution in [3.05, 3.63) is 60.1 Å². The van der Waals surface area contributed by atoms with Gasteiger partial charge in [-0.05, 0) is 31.5 Å². The van der Waals surface area contributed by atoms with Gasteiger partial charge in [0, 0.05) is 38.6 Å². The van der Waals surface area contributed by atoms with E-state index in [-0.39, 0.29) is 24.2 Å². The van der Waals surface area contributed by atoms with E-state index in [9.17, 15) is 9.59 Å². The summed E-state index contributed by atoms with van der Waals surface area (Å²) in [4.78, 5) is 32.4. The van der Waals surface area contributed by atoms with Gasteiger partial charge in [-0.1, -0.05) is 30.3 Å². The Bertz CT molecular complexity index is 867. The molecule has 8 heteroatoms. The van der Waals surface area contributed by atoms with E-state index in [4.69, 9.17) is 20.8 Å². The molecule has 0 spiro atoms. The van der Waals surface area contributed by atoms with Crippen molar-refractivity contribution in [2.75, 3.05) is 51.8 Å². The number of amides is 2. The first-order valence-electron chi connectivity index (χ1n) is 11.4. The van der Waals surface area contributed by atoms with Crippen molar-refractivity contribution in [1.82, 2.24) is 14.7 Å². The van der Waals surface area contributed by atoms with Crippen LogP contribution in [0.2, 0.25) is 0 Å². The highest BCUT2D eigenvalue weighted by Gasteiger charge is 2.33. The average Bonchev–Trinajstić information content (AvgIpc) is 3.35. The third-order valence-corrected chi connectivity index (χ3v) is 6.48. The van der Waals surface area contributed by atoms with Gasteiger partial charge in [0.15, 0.2) is 0 Å². The second kappa shape index (κ2) is 12.2. The minimum absolute atomic E-state index is 0.00294. The van der Waals surface area contributed by atoms with Gasteiger partial charge < -0.3 is 19.0 Å². The Hall–Kier alpha value is -2.35. The number of rotatable bonds is 11. The minimum Gasteiger partial charge on any atom is -0.467 e. The van der Waals surface area contributed by atoms with Gasteiger partial charge in [0.2, 0.25) is 11.8 Å². The minimum atomic E-state index is -0.752. The molecule has 0 N–H and O–H groups in total. The van der Waals surface area contributed by atoms with E-state index in [0.717, 1.165) is 18.7 Å². The van der Waals surface area contributed by atoms with E-state index >= 15 is 0 Å². The summed E-state index contributed by atoms with van der Waals surface area (Å²) in [5.41, 5.74) is 0.266. The summed E-state index contributed by atoms with van der Waals surface area (Å²) in [5, 5.41) is 0. The number of carbonyl (C=O) groups excluding carboxylic acids is 2. The summed E-state index contributed by atoms with van der Waals surface area (Å²) in [5.74, 6) is 0.646. The van der Waals surface area contributed by atoms with Gasteiger partial charge in [0.1, 0.15) is 5.76 Å². The fraction of sp³-hybridized carbons (Fsp3) is 0.520. The molecule has 1 saturated heterocycles. The van der Waals surface area contributed by atoms with Crippen LogP contribution in [-0.4, -0.2) is 78.3 Å². The van der Waals surface area contributed by atoms with E-state index in [1.54, 1.807) is 16.1 Å². The highest BCUT2D eigenvalue weighted by Crippen LogP contribution is 2.21. The number of carbonyl (C=O) groups is 2. The van der Waals surface area contributed by atoms with E-state index in [2.05, 4.69) is 4.90 Å². The maximum absolute atomic E-state index is 13.5. The number of morpholine rings is 1. The van der Waals surface area contributed by atoms with Gasteiger partial charge in [-0.25, -0.2) is 0 Å². The molecule has 2 heterocycles. The third kappa shape index (κ3) is 7.59. The van der Waals surface area contributed by atoms with Crippen LogP contribution in [0, 0.1) is 5.41 Å². The molecule has 1 aromatic carbocycles. The van der Waals surface area contributed by atoms with Crippen molar-refractivity contribution >= 4 is 23.4 Å². The molecule has 0 atom stereocenters. The molecule has 0 bridgehead atoms. The first-order valence-corrected chi connectivity index (χ1v) is 11.9. The van der Waals surface area contributed by atoms with Crippen LogP contribution in [0.4, 0.5) is 0 Å². The lowest BCUT2D eigenvalue weighted by molar-refractivity contribution is -0.146. The van der Waals surface area contributed by atoms with Gasteiger partial charge in [-0.3, -0.25) is 14.5 Å². The van der Waals surface area contributed by atoms with Crippen molar-refractivity contribution in [3.63, 3.8) is 0 Å². The molecule has 1 aliphatic heterocycles. The van der Waals surface area contributed by atoms with Crippen LogP contribution in [0.1, 0.15) is 25.2 Å². The lowest BCUT2D eigenvalue weighted by Crippen LogP contribution is -2.50. The van der Waals surface area contributed by atoms with Crippen LogP contribution >= 0.6 is 11.6 Å². The number of halogens is 1. The lowest BCUT2D eigenvalue weighted by atomic mass is 9.94. The molecule has 0 aliphatic carbocycles. The Balaban J connectivity index is 1.74. The number of hydrogen-bond donors (Lipinski definition) is 0. The Kier molecular flexibility index (Phi) is 9.35. The quantitative estimate of drug-likeness (QED) is 0.467. The number of hydrogen-bond acceptors (Lipinski definition) is 5. The fourth-order valence-electron chi connectivity index (χ4n) is 3.71. The summed E-state index contributed by atoms with van der Waals surface area (Å²) in [6.45, 7) is 8.59. The maximum Gasteiger partial charge on any atom is 0.242 e. The summed E-state index contributed by atoms with van der Waals surface area (Å²) in [6.07, 6.45) is 1.60. The molecular weight excluding hydrogens is 442 g/mol. The van der Waals surface area contributed by atoms with E-state index in [1.165, 1.54) is 0 Å². The molecule has 1 fully saturated rings. The zero-order valence-corrected chi connectivity index (χ0v) is 20.3. The SMILES string of the molecule is CC(C)(CCl)C(=O)N(CCN1CCOCC1)CC(=O)N(Cc1ccccc1)Cc1ccco1. The van der Waals surface area contributed by atoms with Gasteiger partial charge in [0.25, 0.3) is 0 Å². The zero-order valence-electron chi connectivity index (χ0n) is 19.5. The Morgan fingerprint density at radius 2 is 1.76 bits per heavy atom. The zero-order chi connectivity index (χ0) is 23.7. The molecule has 3 rings (SSSR count). The van der Waals surface area contributed by atoms with Crippen LogP contribution < -0.4 is 0 Å². The van der Waals surface area contributed by atoms with Crippen molar-refractivity contribution in [2.24, 2.45) is 5.41 Å². The van der Waals surface area contributed by atoms with Crippen LogP contribution in [0.3, 0.4) is 0 Å². The summed E-state index contributed by atoms with van der Waals surface area (Å²) in [7, 11) is 0. The van der Waals surface area contributed by atoms with Crippen molar-refractivity contribution in [3.8, 4) is 0 Å². The molecule has 0 radical (unpaired) electrons. The first-order chi connectivity index (χ1) is 15.9. The fourth-order valence-corrected chi connectivity index (χ4v) is 3.83. The number of ether oxygens (including phenoxy) is 1. The van der Waals surface area contributed by atoms with E-state index in [0.29, 0.717) is 45.2 Å². The van der Waals surface area contributed by atoms with Crippen molar-refractivity contribution in [1.29, 1.82) is 0 Å². The first kappa shape index (κ1) is 25.3. The number of alkyl halides is 1. The molecule has 0 saturated carbocycles. The van der Waals surface area contributed by atoms with Gasteiger partial charge in [-0.2, -0.15) is 0 Å². The normalized spacial score (nSPS) is 14.8. The maximum atomic E-state index is 13.5. The largest absolute Gasteiger partial charge is 0.467 e. The molecular formula is C25H34ClN3O4. The molecule has 180 valence electrons. The topological polar surface area (TPSA) is 66.2 Å². The third-order valence-electron chi connectivity index (χ3n) is 5.81. The summed E-state index contributed by atoms with van der Waals surface area (Å²) in [6, 6.07) is 13.5. The predicted octanol–water partition coefficient (Wildman–Crippen LogP) is 3.23. The van der Waals surface area contributed by atoms with Crippen LogP contribution in [-0.2, 0) is 27.4 Å². The monoisotopic (exact) mass is 475 g/mol. The summed E-state index contributed by atoms with van der Waals surface area (Å²) < 4.78 is 10.9. The second-order valence-electron chi connectivity index (χ2n) is 9.01. The Morgan fingerprint density at radius 1 is 1.03 bits per heavy atom. The van der Waals surface area contributed by atoms with Crippen molar-refractivity contribution < 1.29 is 18.7 Å². The van der Waals surface area contributed by atoms with Gasteiger partial charge >= 0.3 is 0 Å². The van der Waals surface area contributed by atoms with Crippen molar-refractivity contribution in [2.45, 2.75) is 26.9 Å². The number of benzene rings is 1. The molecule has 7 nitrogen and oxygen atoms in total. The Labute approximate surface area is 201 Å². The molecule has 2 amide bonds. The van der Waals surface area contributed by atoms with Gasteiger partial charge in [0.05, 0.1) is 38.0 Å². The smallest absolute Gasteiger partial charge is 0.242 e. The average molecular weight is 476 g/mol. The highest BCUT2D eigenvalue weighted by molar-refractivity contribution is 6.19. The molecule has 1 aromatic heterocycles. The molecule has 33 heavy (non-hydrogen) atoms. The predicted molar refractivity (Wildman–Crippen MR) is 128 cm³/mol. The second-order valence-corrected chi connectivity index (χ2v) is 9.28. The van der Waals surface area contributed by atoms with Crippen LogP contribution in [0.5, 0.6) is 0 Å². The number of furan rings is 1. The number of nitrogens with zero attached hydrogens (tertiary/aromatic N) is 3. The molecule has 1 aliphatic rings. The van der Waals surface area contributed by atoms with E-state index < -0.39 is 5.41 Å². The highest BCUT2D eigenvalue weighted by atomic mass is 35.5. The molecule has 0 unspecified atom stereocenters. The standard InChI is InChI=1S/C25H34ClN3O4/c1-25(2,20-26)24(31)28(11-10-27-12-15-32-16-13-27)19-23(30)29(18-22-9-6-14-33-22)17-21-7-4-3-5-8-21/h3-9,14H,10-13,15-20H2,1-2H3. The van der Waals surface area contributed by atoms with E-state index in [1.807, 2.05) is 56.3 Å². The molecule has 2 aromatic rings.